The number of fused-ring (bicyclic) bond motifs is 9. The van der Waals surface area contributed by atoms with Gasteiger partial charge in [0, 0.05) is 64.0 Å². The lowest BCUT2D eigenvalue weighted by Crippen LogP contribution is -2.00. The van der Waals surface area contributed by atoms with Crippen LogP contribution in [0.1, 0.15) is 8.22 Å². The number of thiophene rings is 1. The van der Waals surface area contributed by atoms with E-state index in [-0.39, 0.29) is 75.1 Å². The Hall–Kier alpha value is -6.63. The number of hydrogen-bond donors (Lipinski definition) is 0. The molecule has 0 bridgehead atoms. The first-order valence-electron chi connectivity index (χ1n) is 19.4. The molecule has 0 radical (unpaired) electrons. The smallest absolute Gasteiger partial charge is 0.164 e. The third kappa shape index (κ3) is 4.50. The van der Waals surface area contributed by atoms with Gasteiger partial charge < -0.3 is 8.83 Å². The minimum atomic E-state index is -0.357. The molecule has 238 valence electrons. The third-order valence-electron chi connectivity index (χ3n) is 9.25. The van der Waals surface area contributed by atoms with E-state index < -0.39 is 0 Å². The lowest BCUT2D eigenvalue weighted by Gasteiger charge is -2.08. The van der Waals surface area contributed by atoms with E-state index in [2.05, 4.69) is 12.1 Å². The van der Waals surface area contributed by atoms with Gasteiger partial charge in [0.2, 0.25) is 0 Å². The molecular formula is C45H25N3O2S. The standard InChI is InChI=1S/C45H25N3O2S/c1-2-9-26(10-3-1)43-46-44(48-45(47-43)29-18-21-34-33-12-5-7-16-40(33)51-41(34)25-29)28-17-20-32-35-14-8-13-30(42(35)50-39(32)24-28)27-19-22-38-36(23-27)31-11-4-6-15-37(31)49-38/h1-25H/i8D,13D,14D,17D,20D,24D. The van der Waals surface area contributed by atoms with Crippen LogP contribution in [0.5, 0.6) is 0 Å². The number of furan rings is 2. The van der Waals surface area contributed by atoms with Gasteiger partial charge in [0.1, 0.15) is 22.3 Å². The molecule has 6 heteroatoms. The molecule has 4 aromatic heterocycles. The molecule has 0 aliphatic rings. The van der Waals surface area contributed by atoms with Gasteiger partial charge in [-0.25, -0.2) is 15.0 Å². The Kier molecular flexibility index (Phi) is 4.91. The van der Waals surface area contributed by atoms with Gasteiger partial charge in [-0.15, -0.1) is 11.3 Å². The SMILES string of the molecule is [2H]c1c([2H])c([2H])c2c(oc3c([2H])c(-c4nc(-c5ccccc5)nc(-c5ccc6c(c5)sc5ccccc56)n4)c([2H])c([2H])c32)c1-c1ccc2oc3ccccc3c2c1. The van der Waals surface area contributed by atoms with Crippen LogP contribution >= 0.6 is 11.3 Å². The second-order valence-electron chi connectivity index (χ2n) is 12.3. The topological polar surface area (TPSA) is 65.0 Å². The zero-order valence-corrected chi connectivity index (χ0v) is 27.4. The zero-order valence-electron chi connectivity index (χ0n) is 32.5. The van der Waals surface area contributed by atoms with E-state index in [0.29, 0.717) is 33.9 Å². The van der Waals surface area contributed by atoms with Crippen molar-refractivity contribution < 1.29 is 17.1 Å². The quantitative estimate of drug-likeness (QED) is 0.185. The van der Waals surface area contributed by atoms with Crippen LogP contribution in [-0.2, 0) is 0 Å². The maximum absolute atomic E-state index is 9.53. The van der Waals surface area contributed by atoms with Gasteiger partial charge in [-0.3, -0.25) is 0 Å². The highest BCUT2D eigenvalue weighted by atomic mass is 32.1. The molecule has 0 fully saturated rings. The Balaban J connectivity index is 1.16. The van der Waals surface area contributed by atoms with E-state index in [1.807, 2.05) is 91.0 Å². The molecule has 0 spiro atoms. The fourth-order valence-electron chi connectivity index (χ4n) is 6.81. The molecule has 0 saturated heterocycles. The van der Waals surface area contributed by atoms with Crippen molar-refractivity contribution in [3.8, 4) is 45.3 Å². The van der Waals surface area contributed by atoms with Crippen molar-refractivity contribution in [2.75, 3.05) is 0 Å². The highest BCUT2D eigenvalue weighted by Gasteiger charge is 2.18. The molecule has 4 heterocycles. The number of aromatic nitrogens is 3. The third-order valence-corrected chi connectivity index (χ3v) is 10.4. The van der Waals surface area contributed by atoms with Gasteiger partial charge >= 0.3 is 0 Å². The molecule has 0 atom stereocenters. The Morgan fingerprint density at radius 3 is 2.08 bits per heavy atom. The number of nitrogens with zero attached hydrogens (tertiary/aromatic N) is 3. The predicted molar refractivity (Wildman–Crippen MR) is 209 cm³/mol. The van der Waals surface area contributed by atoms with Crippen LogP contribution in [0.4, 0.5) is 0 Å². The molecule has 0 unspecified atom stereocenters. The predicted octanol–water partition coefficient (Wildman–Crippen LogP) is 12.7. The van der Waals surface area contributed by atoms with Crippen LogP contribution < -0.4 is 0 Å². The summed E-state index contributed by atoms with van der Waals surface area (Å²) in [6, 6.07) is 34.9. The van der Waals surface area contributed by atoms with Crippen LogP contribution in [0.3, 0.4) is 0 Å². The summed E-state index contributed by atoms with van der Waals surface area (Å²) in [5.41, 5.74) is 3.56. The summed E-state index contributed by atoms with van der Waals surface area (Å²) in [7, 11) is 0. The number of para-hydroxylation sites is 2. The molecule has 0 saturated carbocycles. The number of benzene rings is 7. The highest BCUT2D eigenvalue weighted by molar-refractivity contribution is 7.25. The Labute approximate surface area is 303 Å². The van der Waals surface area contributed by atoms with Gasteiger partial charge in [-0.1, -0.05) is 109 Å². The molecule has 5 nitrogen and oxygen atoms in total. The lowest BCUT2D eigenvalue weighted by atomic mass is 10.00. The van der Waals surface area contributed by atoms with Crippen molar-refractivity contribution in [1.82, 2.24) is 15.0 Å². The Morgan fingerprint density at radius 1 is 0.451 bits per heavy atom. The maximum atomic E-state index is 9.53. The van der Waals surface area contributed by atoms with Crippen LogP contribution in [0, 0.1) is 0 Å². The van der Waals surface area contributed by atoms with Crippen molar-refractivity contribution in [1.29, 1.82) is 0 Å². The van der Waals surface area contributed by atoms with Crippen molar-refractivity contribution in [2.45, 2.75) is 0 Å². The molecule has 0 aliphatic heterocycles. The minimum absolute atomic E-state index is 0.0205. The minimum Gasteiger partial charge on any atom is -0.456 e. The fraction of sp³-hybridized carbons (Fsp3) is 0. The van der Waals surface area contributed by atoms with Crippen LogP contribution in [0.2, 0.25) is 0 Å². The van der Waals surface area contributed by atoms with Gasteiger partial charge in [-0.05, 0) is 48.0 Å². The second kappa shape index (κ2) is 10.9. The van der Waals surface area contributed by atoms with E-state index in [1.54, 1.807) is 23.5 Å². The Bertz CT molecular complexity index is 3510. The van der Waals surface area contributed by atoms with Gasteiger partial charge in [0.25, 0.3) is 0 Å². The molecular weight excluding hydrogens is 647 g/mol. The van der Waals surface area contributed by atoms with Crippen LogP contribution in [0.25, 0.3) is 109 Å². The first kappa shape index (κ1) is 22.9. The summed E-state index contributed by atoms with van der Waals surface area (Å²) in [6.07, 6.45) is 0. The number of rotatable bonds is 4. The van der Waals surface area contributed by atoms with Gasteiger partial charge in [0.05, 0.1) is 8.22 Å². The summed E-state index contributed by atoms with van der Waals surface area (Å²) in [6.45, 7) is 0. The van der Waals surface area contributed by atoms with Crippen LogP contribution in [-0.4, -0.2) is 15.0 Å². The molecule has 51 heavy (non-hydrogen) atoms. The van der Waals surface area contributed by atoms with Gasteiger partial charge in [-0.2, -0.15) is 0 Å². The molecule has 0 N–H and O–H groups in total. The summed E-state index contributed by atoms with van der Waals surface area (Å²) >= 11 is 1.67. The monoisotopic (exact) mass is 677 g/mol. The molecule has 0 amide bonds. The highest BCUT2D eigenvalue weighted by Crippen LogP contribution is 2.40. The molecule has 11 aromatic rings. The van der Waals surface area contributed by atoms with Gasteiger partial charge in [0.15, 0.2) is 17.5 Å². The van der Waals surface area contributed by atoms with E-state index in [1.165, 1.54) is 0 Å². The summed E-state index contributed by atoms with van der Waals surface area (Å²) in [5, 5.41) is 4.10. The van der Waals surface area contributed by atoms with Crippen molar-refractivity contribution in [2.24, 2.45) is 0 Å². The first-order chi connectivity index (χ1) is 27.7. The molecule has 7 aromatic carbocycles. The van der Waals surface area contributed by atoms with Crippen molar-refractivity contribution in [3.63, 3.8) is 0 Å². The largest absolute Gasteiger partial charge is 0.456 e. The Morgan fingerprint density at radius 2 is 1.18 bits per heavy atom. The zero-order chi connectivity index (χ0) is 38.7. The number of hydrogen-bond acceptors (Lipinski definition) is 6. The van der Waals surface area contributed by atoms with Crippen molar-refractivity contribution >= 4 is 75.4 Å². The lowest BCUT2D eigenvalue weighted by molar-refractivity contribution is 0.668. The maximum Gasteiger partial charge on any atom is 0.164 e. The average molecular weight is 678 g/mol. The summed E-state index contributed by atoms with van der Waals surface area (Å²) in [4.78, 5) is 14.5. The van der Waals surface area contributed by atoms with Crippen LogP contribution in [0.15, 0.2) is 160 Å². The van der Waals surface area contributed by atoms with E-state index in [4.69, 9.17) is 27.9 Å². The van der Waals surface area contributed by atoms with E-state index >= 15 is 0 Å². The van der Waals surface area contributed by atoms with Crippen molar-refractivity contribution in [3.05, 3.63) is 152 Å². The first-order valence-corrected chi connectivity index (χ1v) is 17.2. The molecule has 11 rings (SSSR count). The fourth-order valence-corrected chi connectivity index (χ4v) is 7.96. The molecule has 0 aliphatic carbocycles. The average Bonchev–Trinajstić information content (AvgIpc) is 3.94. The summed E-state index contributed by atoms with van der Waals surface area (Å²) in [5.74, 6) is 0.689. The normalized spacial score (nSPS) is 13.6. The summed E-state index contributed by atoms with van der Waals surface area (Å²) < 4.78 is 69.7. The van der Waals surface area contributed by atoms with E-state index in [0.717, 1.165) is 36.5 Å². The second-order valence-corrected chi connectivity index (χ2v) is 13.4. The van der Waals surface area contributed by atoms with E-state index in [9.17, 15) is 4.11 Å².